The molecule has 1 amide bonds. The second-order valence-corrected chi connectivity index (χ2v) is 12.2. The zero-order valence-corrected chi connectivity index (χ0v) is 25.5. The van der Waals surface area contributed by atoms with Crippen LogP contribution >= 0.6 is 0 Å². The molecule has 0 aliphatic carbocycles. The van der Waals surface area contributed by atoms with Crippen molar-refractivity contribution in [1.82, 2.24) is 14.8 Å². The quantitative estimate of drug-likeness (QED) is 0.281. The molecule has 2 atom stereocenters. The summed E-state index contributed by atoms with van der Waals surface area (Å²) in [6.07, 6.45) is 1.21. The zero-order chi connectivity index (χ0) is 31.4. The summed E-state index contributed by atoms with van der Waals surface area (Å²) in [5.41, 5.74) is 4.52. The normalized spacial score (nSPS) is 15.3. The van der Waals surface area contributed by atoms with Gasteiger partial charge in [0.25, 0.3) is 5.56 Å². The molecule has 0 radical (unpaired) electrons. The van der Waals surface area contributed by atoms with Crippen LogP contribution in [0.3, 0.4) is 0 Å². The maximum atomic E-state index is 15.7. The van der Waals surface area contributed by atoms with Crippen molar-refractivity contribution in [2.45, 2.75) is 72.1 Å². The first-order valence-corrected chi connectivity index (χ1v) is 14.8. The smallest absolute Gasteiger partial charge is 0.305 e. The second kappa shape index (κ2) is 13.6. The molecule has 4 rings (SSSR count). The SMILES string of the molecule is Cc1cc(-c2c(C)cccc2C)cc([C@H](CC(=O)O)NC(=O)[C@H](CC(C)C)n2cc(CCN3CC(F)C3)ccc2=O)c1F. The van der Waals surface area contributed by atoms with Gasteiger partial charge in [-0.3, -0.25) is 19.3 Å². The Morgan fingerprint density at radius 2 is 1.72 bits per heavy atom. The van der Waals surface area contributed by atoms with Crippen molar-refractivity contribution in [3.8, 4) is 11.1 Å². The first-order chi connectivity index (χ1) is 20.3. The molecule has 0 unspecified atom stereocenters. The van der Waals surface area contributed by atoms with Crippen LogP contribution in [0.25, 0.3) is 11.1 Å². The number of carbonyl (C=O) groups is 2. The van der Waals surface area contributed by atoms with E-state index in [-0.39, 0.29) is 17.0 Å². The molecule has 1 aliphatic rings. The van der Waals surface area contributed by atoms with E-state index in [4.69, 9.17) is 0 Å². The predicted octanol–water partition coefficient (Wildman–Crippen LogP) is 5.70. The number of carboxylic acid groups (broad SMARTS) is 1. The van der Waals surface area contributed by atoms with Gasteiger partial charge in [-0.25, -0.2) is 8.78 Å². The number of rotatable bonds is 12. The average molecular weight is 594 g/mol. The van der Waals surface area contributed by atoms with Crippen LogP contribution in [0, 0.1) is 32.5 Å². The second-order valence-electron chi connectivity index (χ2n) is 12.2. The lowest BCUT2D eigenvalue weighted by molar-refractivity contribution is -0.138. The van der Waals surface area contributed by atoms with Gasteiger partial charge in [0, 0.05) is 37.5 Å². The summed E-state index contributed by atoms with van der Waals surface area (Å²) >= 11 is 0. The molecule has 2 N–H and O–H groups in total. The molecule has 9 heteroatoms. The molecule has 2 aromatic carbocycles. The Balaban J connectivity index is 1.68. The molecule has 1 aromatic heterocycles. The number of carbonyl (C=O) groups excluding carboxylic acids is 1. The summed E-state index contributed by atoms with van der Waals surface area (Å²) in [5, 5.41) is 12.6. The number of alkyl halides is 1. The third kappa shape index (κ3) is 7.76. The van der Waals surface area contributed by atoms with Crippen molar-refractivity contribution in [3.63, 3.8) is 0 Å². The van der Waals surface area contributed by atoms with Crippen molar-refractivity contribution in [2.75, 3.05) is 19.6 Å². The maximum absolute atomic E-state index is 15.7. The topological polar surface area (TPSA) is 91.6 Å². The summed E-state index contributed by atoms with van der Waals surface area (Å²) < 4.78 is 30.3. The molecule has 1 fully saturated rings. The Bertz CT molecular complexity index is 1520. The number of hydrogen-bond donors (Lipinski definition) is 2. The van der Waals surface area contributed by atoms with E-state index in [1.165, 1.54) is 10.6 Å². The Hall–Kier alpha value is -3.85. The highest BCUT2D eigenvalue weighted by Gasteiger charge is 2.30. The van der Waals surface area contributed by atoms with Crippen molar-refractivity contribution >= 4 is 11.9 Å². The number of aryl methyl sites for hydroxylation is 3. The molecule has 0 saturated carbocycles. The summed E-state index contributed by atoms with van der Waals surface area (Å²) in [6, 6.07) is 10.2. The largest absolute Gasteiger partial charge is 0.481 e. The van der Waals surface area contributed by atoms with E-state index in [2.05, 4.69) is 5.32 Å². The van der Waals surface area contributed by atoms with E-state index in [0.29, 0.717) is 38.0 Å². The predicted molar refractivity (Wildman–Crippen MR) is 163 cm³/mol. The van der Waals surface area contributed by atoms with Crippen molar-refractivity contribution < 1.29 is 23.5 Å². The molecule has 2 heterocycles. The van der Waals surface area contributed by atoms with E-state index in [0.717, 1.165) is 27.8 Å². The summed E-state index contributed by atoms with van der Waals surface area (Å²) in [7, 11) is 0. The maximum Gasteiger partial charge on any atom is 0.305 e. The summed E-state index contributed by atoms with van der Waals surface area (Å²) in [4.78, 5) is 40.8. The molecule has 43 heavy (non-hydrogen) atoms. The third-order valence-electron chi connectivity index (χ3n) is 8.08. The van der Waals surface area contributed by atoms with Gasteiger partial charge >= 0.3 is 5.97 Å². The number of nitrogens with one attached hydrogen (secondary N) is 1. The Kier molecular flexibility index (Phi) is 10.2. The fraction of sp³-hybridized carbons (Fsp3) is 0.441. The number of likely N-dealkylation sites (tertiary alicyclic amines) is 1. The van der Waals surface area contributed by atoms with E-state index >= 15 is 4.39 Å². The zero-order valence-electron chi connectivity index (χ0n) is 25.5. The molecule has 7 nitrogen and oxygen atoms in total. The Morgan fingerprint density at radius 3 is 2.33 bits per heavy atom. The van der Waals surface area contributed by atoms with E-state index in [9.17, 15) is 23.9 Å². The number of benzene rings is 2. The Morgan fingerprint density at radius 1 is 1.05 bits per heavy atom. The van der Waals surface area contributed by atoms with Crippen molar-refractivity contribution in [1.29, 1.82) is 0 Å². The van der Waals surface area contributed by atoms with Crippen LogP contribution in [-0.4, -0.2) is 52.3 Å². The number of aliphatic carboxylic acids is 1. The highest BCUT2D eigenvalue weighted by Crippen LogP contribution is 2.33. The van der Waals surface area contributed by atoms with Gasteiger partial charge in [-0.2, -0.15) is 0 Å². The molecule has 0 bridgehead atoms. The van der Waals surface area contributed by atoms with Gasteiger partial charge in [0.2, 0.25) is 5.91 Å². The lowest BCUT2D eigenvalue weighted by Gasteiger charge is -2.34. The minimum absolute atomic E-state index is 0.0261. The Labute approximate surface area is 251 Å². The highest BCUT2D eigenvalue weighted by atomic mass is 19.1. The van der Waals surface area contributed by atoms with Gasteiger partial charge < -0.3 is 15.0 Å². The van der Waals surface area contributed by atoms with Gasteiger partial charge in [0.15, 0.2) is 0 Å². The number of hydrogen-bond acceptors (Lipinski definition) is 4. The van der Waals surface area contributed by atoms with E-state index < -0.39 is 42.4 Å². The summed E-state index contributed by atoms with van der Waals surface area (Å²) in [6.45, 7) is 10.8. The first kappa shape index (κ1) is 32.1. The minimum Gasteiger partial charge on any atom is -0.481 e. The third-order valence-corrected chi connectivity index (χ3v) is 8.08. The highest BCUT2D eigenvalue weighted by molar-refractivity contribution is 5.82. The number of halogens is 2. The number of amides is 1. The van der Waals surface area contributed by atoms with E-state index in [1.807, 2.05) is 50.8 Å². The number of pyridine rings is 1. The number of aromatic nitrogens is 1. The first-order valence-electron chi connectivity index (χ1n) is 14.8. The minimum atomic E-state index is -1.19. The van der Waals surface area contributed by atoms with Crippen molar-refractivity contribution in [3.05, 3.63) is 92.6 Å². The van der Waals surface area contributed by atoms with Gasteiger partial charge in [-0.15, -0.1) is 0 Å². The fourth-order valence-corrected chi connectivity index (χ4v) is 5.86. The van der Waals surface area contributed by atoms with Gasteiger partial charge in [-0.05, 0) is 85.0 Å². The van der Waals surface area contributed by atoms with Gasteiger partial charge in [-0.1, -0.05) is 38.1 Å². The van der Waals surface area contributed by atoms with E-state index in [1.54, 1.807) is 31.3 Å². The van der Waals surface area contributed by atoms with Crippen LogP contribution < -0.4 is 10.9 Å². The van der Waals surface area contributed by atoms with Crippen LogP contribution in [0.15, 0.2) is 53.5 Å². The van der Waals surface area contributed by atoms with Crippen LogP contribution in [0.4, 0.5) is 8.78 Å². The number of carboxylic acids is 1. The molecule has 230 valence electrons. The molecule has 0 spiro atoms. The van der Waals surface area contributed by atoms with Gasteiger partial charge in [0.05, 0.1) is 12.5 Å². The van der Waals surface area contributed by atoms with Crippen LogP contribution in [0.5, 0.6) is 0 Å². The van der Waals surface area contributed by atoms with Crippen LogP contribution in [0.1, 0.15) is 66.6 Å². The number of nitrogens with zero attached hydrogens (tertiary/aromatic N) is 2. The lowest BCUT2D eigenvalue weighted by atomic mass is 9.90. The lowest BCUT2D eigenvalue weighted by Crippen LogP contribution is -2.49. The van der Waals surface area contributed by atoms with Gasteiger partial charge in [0.1, 0.15) is 18.0 Å². The molecule has 1 saturated heterocycles. The monoisotopic (exact) mass is 593 g/mol. The van der Waals surface area contributed by atoms with Crippen molar-refractivity contribution in [2.24, 2.45) is 5.92 Å². The fourth-order valence-electron chi connectivity index (χ4n) is 5.86. The molecule has 1 aliphatic heterocycles. The van der Waals surface area contributed by atoms with Crippen LogP contribution in [-0.2, 0) is 16.0 Å². The molecule has 3 aromatic rings. The summed E-state index contributed by atoms with van der Waals surface area (Å²) in [5.74, 6) is -2.31. The standard InChI is InChI=1S/C34H41F2N3O4/c1-20(2)13-29(39-17-24(9-10-30(39)40)11-12-38-18-26(35)19-38)34(43)37-28(16-31(41)42)27-15-25(14-23(5)33(27)36)32-21(3)7-6-8-22(32)4/h6-10,14-15,17,20,26,28-29H,11-13,16,18-19H2,1-5H3,(H,37,43)(H,41,42)/t28-,29-/m0/s1. The van der Waals surface area contributed by atoms with Crippen LogP contribution in [0.2, 0.25) is 0 Å². The molecular weight excluding hydrogens is 552 g/mol. The molecular formula is C34H41F2N3O4. The average Bonchev–Trinajstić information content (AvgIpc) is 2.91.